The minimum absolute atomic E-state index is 0.115. The van der Waals surface area contributed by atoms with E-state index in [0.717, 1.165) is 10.6 Å². The van der Waals surface area contributed by atoms with E-state index in [-0.39, 0.29) is 22.3 Å². The predicted molar refractivity (Wildman–Crippen MR) is 117 cm³/mol. The quantitative estimate of drug-likeness (QED) is 0.597. The lowest BCUT2D eigenvalue weighted by Crippen LogP contribution is -2.40. The third kappa shape index (κ3) is 6.07. The summed E-state index contributed by atoms with van der Waals surface area (Å²) in [6, 6.07) is 7.68. The van der Waals surface area contributed by atoms with Crippen molar-refractivity contribution in [1.82, 2.24) is 5.32 Å². The molecule has 0 atom stereocenters. The number of amides is 1. The van der Waals surface area contributed by atoms with E-state index in [9.17, 15) is 13.2 Å². The van der Waals surface area contributed by atoms with Crippen molar-refractivity contribution in [2.75, 3.05) is 38.4 Å². The Hall–Kier alpha value is -2.36. The van der Waals surface area contributed by atoms with Crippen LogP contribution in [-0.2, 0) is 21.4 Å². The van der Waals surface area contributed by atoms with Crippen molar-refractivity contribution in [2.24, 2.45) is 0 Å². The minimum atomic E-state index is -3.76. The van der Waals surface area contributed by atoms with E-state index < -0.39 is 22.5 Å². The van der Waals surface area contributed by atoms with E-state index in [0.29, 0.717) is 22.8 Å². The average Bonchev–Trinajstić information content (AvgIpc) is 2.67. The second-order valence-corrected chi connectivity index (χ2v) is 8.99. The van der Waals surface area contributed by atoms with Gasteiger partial charge in [-0.25, -0.2) is 8.42 Å². The number of hydrogen-bond acceptors (Lipinski definition) is 6. The van der Waals surface area contributed by atoms with E-state index in [1.807, 2.05) is 0 Å². The summed E-state index contributed by atoms with van der Waals surface area (Å²) in [7, 11) is 0.700. The Morgan fingerprint density at radius 1 is 0.967 bits per heavy atom. The first-order valence-corrected chi connectivity index (χ1v) is 11.2. The summed E-state index contributed by atoms with van der Waals surface area (Å²) in [5.41, 5.74) is 0.868. The molecule has 0 fully saturated rings. The molecule has 8 nitrogen and oxygen atoms in total. The van der Waals surface area contributed by atoms with Crippen LogP contribution in [0.1, 0.15) is 5.56 Å². The van der Waals surface area contributed by atoms with E-state index in [1.54, 1.807) is 12.1 Å². The molecule has 1 N–H and O–H groups in total. The monoisotopic (exact) mass is 476 g/mol. The number of rotatable bonds is 9. The van der Waals surface area contributed by atoms with E-state index in [4.69, 9.17) is 37.4 Å². The van der Waals surface area contributed by atoms with Gasteiger partial charge >= 0.3 is 0 Å². The lowest BCUT2D eigenvalue weighted by atomic mass is 10.1. The predicted octanol–water partition coefficient (Wildman–Crippen LogP) is 3.10. The largest absolute Gasteiger partial charge is 0.493 e. The highest BCUT2D eigenvalue weighted by molar-refractivity contribution is 7.92. The van der Waals surface area contributed by atoms with Gasteiger partial charge < -0.3 is 19.5 Å². The molecule has 0 heterocycles. The fourth-order valence-corrected chi connectivity index (χ4v) is 4.06. The number of halogens is 2. The first-order valence-electron chi connectivity index (χ1n) is 8.58. The summed E-state index contributed by atoms with van der Waals surface area (Å²) in [5.74, 6) is 0.779. The fourth-order valence-electron chi connectivity index (χ4n) is 2.71. The van der Waals surface area contributed by atoms with Crippen LogP contribution in [0.5, 0.6) is 17.2 Å². The number of methoxy groups -OCH3 is 3. The number of nitrogens with one attached hydrogen (secondary N) is 1. The first kappa shape index (κ1) is 23.9. The van der Waals surface area contributed by atoms with Crippen molar-refractivity contribution in [2.45, 2.75) is 6.54 Å². The minimum Gasteiger partial charge on any atom is -0.493 e. The van der Waals surface area contributed by atoms with Crippen LogP contribution < -0.4 is 23.8 Å². The second kappa shape index (κ2) is 10.1. The second-order valence-electron chi connectivity index (χ2n) is 6.21. The topological polar surface area (TPSA) is 94.2 Å². The molecule has 1 amide bonds. The molecule has 0 aromatic heterocycles. The Balaban J connectivity index is 2.19. The van der Waals surface area contributed by atoms with Crippen LogP contribution in [0.15, 0.2) is 30.3 Å². The van der Waals surface area contributed by atoms with E-state index >= 15 is 0 Å². The van der Waals surface area contributed by atoms with Gasteiger partial charge in [-0.2, -0.15) is 0 Å². The van der Waals surface area contributed by atoms with Gasteiger partial charge in [0.1, 0.15) is 6.54 Å². The zero-order valence-electron chi connectivity index (χ0n) is 16.9. The number of hydrogen-bond donors (Lipinski definition) is 1. The summed E-state index contributed by atoms with van der Waals surface area (Å²) in [6.45, 7) is -0.330. The van der Waals surface area contributed by atoms with Gasteiger partial charge in [-0.05, 0) is 35.9 Å². The maximum absolute atomic E-state index is 12.5. The number of sulfonamides is 1. The first-order chi connectivity index (χ1) is 14.1. The normalized spacial score (nSPS) is 11.0. The van der Waals surface area contributed by atoms with Gasteiger partial charge in [-0.15, -0.1) is 0 Å². The maximum Gasteiger partial charge on any atom is 0.241 e. The van der Waals surface area contributed by atoms with Crippen molar-refractivity contribution in [3.05, 3.63) is 45.9 Å². The maximum atomic E-state index is 12.5. The van der Waals surface area contributed by atoms with Gasteiger partial charge in [-0.3, -0.25) is 9.10 Å². The fraction of sp³-hybridized carbons (Fsp3) is 0.316. The van der Waals surface area contributed by atoms with Gasteiger partial charge in [0.25, 0.3) is 0 Å². The van der Waals surface area contributed by atoms with Gasteiger partial charge in [0, 0.05) is 16.6 Å². The standard InChI is InChI=1S/C19H22Cl2N2O6S/c1-27-16-5-12(6-17(28-2)19(16)29-3)10-22-18(24)11-23(30(4,25)26)15-8-13(20)7-14(21)9-15/h5-9H,10-11H2,1-4H3,(H,22,24). The van der Waals surface area contributed by atoms with Crippen molar-refractivity contribution in [3.8, 4) is 17.2 Å². The molecule has 2 aromatic rings. The molecule has 0 aliphatic rings. The molecule has 2 rings (SSSR count). The van der Waals surface area contributed by atoms with Crippen LogP contribution in [0.2, 0.25) is 10.0 Å². The number of carbonyl (C=O) groups is 1. The molecular formula is C19H22Cl2N2O6S. The molecular weight excluding hydrogens is 455 g/mol. The Morgan fingerprint density at radius 2 is 1.50 bits per heavy atom. The molecule has 0 aliphatic carbocycles. The highest BCUT2D eigenvalue weighted by Crippen LogP contribution is 2.38. The zero-order chi connectivity index (χ0) is 22.5. The SMILES string of the molecule is COc1cc(CNC(=O)CN(c2cc(Cl)cc(Cl)c2)S(C)(=O)=O)cc(OC)c1OC. The van der Waals surface area contributed by atoms with Gasteiger partial charge in [0.2, 0.25) is 21.7 Å². The van der Waals surface area contributed by atoms with Gasteiger partial charge in [0.05, 0.1) is 33.3 Å². The van der Waals surface area contributed by atoms with Crippen LogP contribution in [0.4, 0.5) is 5.69 Å². The van der Waals surface area contributed by atoms with Gasteiger partial charge in [-0.1, -0.05) is 23.2 Å². The molecule has 0 radical (unpaired) electrons. The Kier molecular flexibility index (Phi) is 8.05. The summed E-state index contributed by atoms with van der Waals surface area (Å²) in [4.78, 5) is 12.5. The summed E-state index contributed by atoms with van der Waals surface area (Å²) < 4.78 is 41.2. The highest BCUT2D eigenvalue weighted by atomic mass is 35.5. The highest BCUT2D eigenvalue weighted by Gasteiger charge is 2.22. The number of anilines is 1. The molecule has 0 spiro atoms. The third-order valence-corrected chi connectivity index (χ3v) is 5.61. The summed E-state index contributed by atoms with van der Waals surface area (Å²) in [6.07, 6.45) is 0.994. The molecule has 30 heavy (non-hydrogen) atoms. The molecule has 0 saturated heterocycles. The van der Waals surface area contributed by atoms with Crippen LogP contribution in [0.3, 0.4) is 0 Å². The molecule has 164 valence electrons. The Morgan fingerprint density at radius 3 is 1.93 bits per heavy atom. The number of carbonyl (C=O) groups excluding carboxylic acids is 1. The van der Waals surface area contributed by atoms with Crippen LogP contribution >= 0.6 is 23.2 Å². The van der Waals surface area contributed by atoms with Crippen LogP contribution in [0, 0.1) is 0 Å². The lowest BCUT2D eigenvalue weighted by Gasteiger charge is -2.22. The van der Waals surface area contributed by atoms with Crippen molar-refractivity contribution in [3.63, 3.8) is 0 Å². The molecule has 2 aromatic carbocycles. The van der Waals surface area contributed by atoms with Gasteiger partial charge in [0.15, 0.2) is 11.5 Å². The van der Waals surface area contributed by atoms with E-state index in [1.165, 1.54) is 39.5 Å². The van der Waals surface area contributed by atoms with Crippen molar-refractivity contribution < 1.29 is 27.4 Å². The van der Waals surface area contributed by atoms with Crippen molar-refractivity contribution >= 4 is 44.8 Å². The lowest BCUT2D eigenvalue weighted by molar-refractivity contribution is -0.119. The Bertz CT molecular complexity index is 984. The smallest absolute Gasteiger partial charge is 0.241 e. The Labute approximate surface area is 185 Å². The molecule has 11 heteroatoms. The average molecular weight is 477 g/mol. The molecule has 0 saturated carbocycles. The summed E-state index contributed by atoms with van der Waals surface area (Å²) >= 11 is 11.9. The number of nitrogens with zero attached hydrogens (tertiary/aromatic N) is 1. The third-order valence-electron chi connectivity index (χ3n) is 4.04. The summed E-state index contributed by atoms with van der Waals surface area (Å²) in [5, 5.41) is 3.19. The molecule has 0 unspecified atom stereocenters. The zero-order valence-corrected chi connectivity index (χ0v) is 19.2. The molecule has 0 aliphatic heterocycles. The number of benzene rings is 2. The van der Waals surface area contributed by atoms with Crippen LogP contribution in [-0.4, -0.2) is 48.5 Å². The molecule has 0 bridgehead atoms. The van der Waals surface area contributed by atoms with Crippen LogP contribution in [0.25, 0.3) is 0 Å². The number of ether oxygens (including phenoxy) is 3. The van der Waals surface area contributed by atoms with E-state index in [2.05, 4.69) is 5.32 Å². The van der Waals surface area contributed by atoms with Crippen molar-refractivity contribution in [1.29, 1.82) is 0 Å².